The van der Waals surface area contributed by atoms with Gasteiger partial charge in [0.25, 0.3) is 5.91 Å². The molecule has 0 radical (unpaired) electrons. The first-order valence-electron chi connectivity index (χ1n) is 12.8. The second-order valence-corrected chi connectivity index (χ2v) is 10.1. The van der Waals surface area contributed by atoms with Gasteiger partial charge in [0.15, 0.2) is 5.75 Å². The number of amides is 2. The smallest absolute Gasteiger partial charge is 0.306 e. The van der Waals surface area contributed by atoms with Crippen molar-refractivity contribution in [3.8, 4) is 11.5 Å². The number of carbonyl (C=O) groups excluding carboxylic acids is 3. The Labute approximate surface area is 228 Å². The maximum Gasteiger partial charge on any atom is 0.306 e. The third kappa shape index (κ3) is 7.68. The van der Waals surface area contributed by atoms with Crippen molar-refractivity contribution in [1.29, 1.82) is 0 Å². The number of benzene rings is 4. The number of ether oxygens (including phenoxy) is 2. The fourth-order valence-electron chi connectivity index (χ4n) is 4.08. The molecule has 200 valence electrons. The van der Waals surface area contributed by atoms with Crippen LogP contribution in [-0.4, -0.2) is 29.4 Å². The molecule has 7 nitrogen and oxygen atoms in total. The van der Waals surface area contributed by atoms with Gasteiger partial charge in [0.05, 0.1) is 5.69 Å². The fraction of sp³-hybridized carbons (Fsp3) is 0.219. The number of hydrogen-bond acceptors (Lipinski definition) is 5. The van der Waals surface area contributed by atoms with Crippen molar-refractivity contribution in [2.45, 2.75) is 45.3 Å². The van der Waals surface area contributed by atoms with Crippen molar-refractivity contribution in [2.75, 3.05) is 5.32 Å². The molecule has 0 saturated carbocycles. The van der Waals surface area contributed by atoms with Gasteiger partial charge in [0, 0.05) is 12.0 Å². The molecule has 0 fully saturated rings. The molecule has 0 bridgehead atoms. The minimum atomic E-state index is -1.01. The Hall–Kier alpha value is -4.65. The average molecular weight is 525 g/mol. The van der Waals surface area contributed by atoms with Crippen molar-refractivity contribution < 1.29 is 23.9 Å². The maximum atomic E-state index is 13.5. The molecule has 0 spiro atoms. The van der Waals surface area contributed by atoms with Gasteiger partial charge in [-0.25, -0.2) is 0 Å². The zero-order valence-corrected chi connectivity index (χ0v) is 22.3. The van der Waals surface area contributed by atoms with Gasteiger partial charge in [0.2, 0.25) is 5.91 Å². The lowest BCUT2D eigenvalue weighted by molar-refractivity contribution is -0.155. The van der Waals surface area contributed by atoms with Crippen molar-refractivity contribution in [3.63, 3.8) is 0 Å². The van der Waals surface area contributed by atoms with E-state index in [0.717, 1.165) is 10.8 Å². The number of anilines is 1. The zero-order chi connectivity index (χ0) is 27.8. The SMILES string of the molecule is CC(C)(C)OC(=O)CC[C@@H](NC(=O)c1cccc2ccccc12)C(=O)Nc1ccccc1Oc1ccccc1. The van der Waals surface area contributed by atoms with Gasteiger partial charge < -0.3 is 20.1 Å². The molecule has 0 aliphatic rings. The minimum absolute atomic E-state index is 0.0483. The Morgan fingerprint density at radius 1 is 0.795 bits per heavy atom. The van der Waals surface area contributed by atoms with Crippen molar-refractivity contribution >= 4 is 34.2 Å². The summed E-state index contributed by atoms with van der Waals surface area (Å²) in [5, 5.41) is 7.38. The second kappa shape index (κ2) is 12.3. The van der Waals surface area contributed by atoms with E-state index >= 15 is 0 Å². The summed E-state index contributed by atoms with van der Waals surface area (Å²) in [6.07, 6.45) is 0.00625. The highest BCUT2D eigenvalue weighted by atomic mass is 16.6. The van der Waals surface area contributed by atoms with Gasteiger partial charge in [-0.2, -0.15) is 0 Å². The first-order valence-corrected chi connectivity index (χ1v) is 12.8. The fourth-order valence-corrected chi connectivity index (χ4v) is 4.08. The lowest BCUT2D eigenvalue weighted by Gasteiger charge is -2.22. The van der Waals surface area contributed by atoms with E-state index in [1.807, 2.05) is 60.7 Å². The van der Waals surface area contributed by atoms with Crippen LogP contribution in [0.3, 0.4) is 0 Å². The van der Waals surface area contributed by atoms with Crippen LogP contribution in [0.5, 0.6) is 11.5 Å². The van der Waals surface area contributed by atoms with Crippen LogP contribution >= 0.6 is 0 Å². The monoisotopic (exact) mass is 524 g/mol. The highest BCUT2D eigenvalue weighted by molar-refractivity contribution is 6.09. The molecule has 39 heavy (non-hydrogen) atoms. The third-order valence-corrected chi connectivity index (χ3v) is 5.83. The Balaban J connectivity index is 1.55. The highest BCUT2D eigenvalue weighted by Gasteiger charge is 2.26. The number of rotatable bonds is 9. The average Bonchev–Trinajstić information content (AvgIpc) is 2.91. The first kappa shape index (κ1) is 27.4. The number of fused-ring (bicyclic) bond motifs is 1. The molecule has 4 aromatic carbocycles. The molecule has 7 heteroatoms. The van der Waals surface area contributed by atoms with Crippen molar-refractivity contribution in [1.82, 2.24) is 5.32 Å². The zero-order valence-electron chi connectivity index (χ0n) is 22.3. The normalized spacial score (nSPS) is 11.9. The lowest BCUT2D eigenvalue weighted by atomic mass is 10.0. The van der Waals surface area contributed by atoms with Crippen LogP contribution in [0, 0.1) is 0 Å². The summed E-state index contributed by atoms with van der Waals surface area (Å²) in [5.41, 5.74) is 0.221. The van der Waals surface area contributed by atoms with Crippen LogP contribution < -0.4 is 15.4 Å². The largest absolute Gasteiger partial charge is 0.460 e. The van der Waals surface area contributed by atoms with E-state index < -0.39 is 29.4 Å². The number of nitrogens with one attached hydrogen (secondary N) is 2. The third-order valence-electron chi connectivity index (χ3n) is 5.83. The number of carbonyl (C=O) groups is 3. The van der Waals surface area contributed by atoms with Gasteiger partial charge in [-0.15, -0.1) is 0 Å². The van der Waals surface area contributed by atoms with E-state index in [2.05, 4.69) is 10.6 Å². The molecule has 2 N–H and O–H groups in total. The van der Waals surface area contributed by atoms with Gasteiger partial charge in [0.1, 0.15) is 17.4 Å². The van der Waals surface area contributed by atoms with Gasteiger partial charge >= 0.3 is 5.97 Å². The van der Waals surface area contributed by atoms with Gasteiger partial charge in [-0.1, -0.05) is 66.7 Å². The summed E-state index contributed by atoms with van der Waals surface area (Å²) in [4.78, 5) is 39.3. The molecule has 2 amide bonds. The van der Waals surface area contributed by atoms with Crippen molar-refractivity contribution in [3.05, 3.63) is 103 Å². The summed E-state index contributed by atoms with van der Waals surface area (Å²) in [6.45, 7) is 5.34. The van der Waals surface area contributed by atoms with Crippen LogP contribution in [0.15, 0.2) is 97.1 Å². The molecule has 4 aromatic rings. The van der Waals surface area contributed by atoms with Crippen molar-refractivity contribution in [2.24, 2.45) is 0 Å². The van der Waals surface area contributed by atoms with E-state index in [1.165, 1.54) is 0 Å². The van der Waals surface area contributed by atoms with E-state index in [-0.39, 0.29) is 12.8 Å². The predicted molar refractivity (Wildman–Crippen MR) is 152 cm³/mol. The summed E-state index contributed by atoms with van der Waals surface area (Å²) < 4.78 is 11.4. The van der Waals surface area contributed by atoms with Crippen LogP contribution in [0.1, 0.15) is 44.0 Å². The standard InChI is InChI=1S/C32H32N2O5/c1-32(2,3)39-29(35)21-20-27(34-30(36)25-17-11-13-22-12-7-8-16-24(22)25)31(37)33-26-18-9-10-19-28(26)38-23-14-5-4-6-15-23/h4-19,27H,20-21H2,1-3H3,(H,33,37)(H,34,36)/t27-/m1/s1. The molecule has 0 saturated heterocycles. The molecule has 0 heterocycles. The summed E-state index contributed by atoms with van der Waals surface area (Å²) in [5.74, 6) is -0.276. The van der Waals surface area contributed by atoms with E-state index in [0.29, 0.717) is 22.7 Å². The number of esters is 1. The highest BCUT2D eigenvalue weighted by Crippen LogP contribution is 2.29. The second-order valence-electron chi connectivity index (χ2n) is 10.1. The number of para-hydroxylation sites is 3. The Morgan fingerprint density at radius 2 is 1.46 bits per heavy atom. The molecule has 4 rings (SSSR count). The van der Waals surface area contributed by atoms with Crippen LogP contribution in [-0.2, 0) is 14.3 Å². The van der Waals surface area contributed by atoms with Gasteiger partial charge in [-0.05, 0) is 68.3 Å². The summed E-state index contributed by atoms with van der Waals surface area (Å²) >= 11 is 0. The van der Waals surface area contributed by atoms with Crippen LogP contribution in [0.4, 0.5) is 5.69 Å². The van der Waals surface area contributed by atoms with E-state index in [4.69, 9.17) is 9.47 Å². The molecular formula is C32H32N2O5. The molecule has 0 aliphatic heterocycles. The Morgan fingerprint density at radius 3 is 2.23 bits per heavy atom. The minimum Gasteiger partial charge on any atom is -0.460 e. The molecule has 0 unspecified atom stereocenters. The Kier molecular flexibility index (Phi) is 8.61. The summed E-state index contributed by atoms with van der Waals surface area (Å²) in [6, 6.07) is 28.2. The number of hydrogen-bond donors (Lipinski definition) is 2. The first-order chi connectivity index (χ1) is 18.7. The summed E-state index contributed by atoms with van der Waals surface area (Å²) in [7, 11) is 0. The maximum absolute atomic E-state index is 13.5. The molecule has 0 aliphatic carbocycles. The predicted octanol–water partition coefficient (Wildman–Crippen LogP) is 6.49. The quantitative estimate of drug-likeness (QED) is 0.244. The Bertz CT molecular complexity index is 1460. The van der Waals surface area contributed by atoms with Gasteiger partial charge in [-0.3, -0.25) is 14.4 Å². The molecule has 1 atom stereocenters. The topological polar surface area (TPSA) is 93.7 Å². The lowest BCUT2D eigenvalue weighted by Crippen LogP contribution is -2.44. The van der Waals surface area contributed by atoms with Crippen LogP contribution in [0.2, 0.25) is 0 Å². The molecular weight excluding hydrogens is 492 g/mol. The molecule has 0 aromatic heterocycles. The van der Waals surface area contributed by atoms with E-state index in [1.54, 1.807) is 57.2 Å². The van der Waals surface area contributed by atoms with Crippen LogP contribution in [0.25, 0.3) is 10.8 Å². The van der Waals surface area contributed by atoms with E-state index in [9.17, 15) is 14.4 Å².